The van der Waals surface area contributed by atoms with Crippen LogP contribution in [0.15, 0.2) is 40.8 Å². The third-order valence-corrected chi connectivity index (χ3v) is 6.86. The van der Waals surface area contributed by atoms with E-state index in [4.69, 9.17) is 20.8 Å². The maximum atomic E-state index is 13.4. The second-order valence-electron chi connectivity index (χ2n) is 8.90. The first-order chi connectivity index (χ1) is 15.3. The van der Waals surface area contributed by atoms with E-state index in [0.29, 0.717) is 51.7 Å². The van der Waals surface area contributed by atoms with E-state index in [1.807, 2.05) is 37.9 Å². The number of halogens is 1. The van der Waals surface area contributed by atoms with E-state index in [9.17, 15) is 9.59 Å². The predicted molar refractivity (Wildman–Crippen MR) is 123 cm³/mol. The molecule has 1 atom stereocenters. The number of likely N-dealkylation sites (N-methyl/N-ethyl adjacent to an activating group) is 1. The van der Waals surface area contributed by atoms with Crippen LogP contribution in [0.5, 0.6) is 5.75 Å². The predicted octanol–water partition coefficient (Wildman–Crippen LogP) is 4.66. The average molecular weight is 453 g/mol. The lowest BCUT2D eigenvalue weighted by molar-refractivity contribution is 0.0507. The fraction of sp³-hybridized carbons (Fsp3) is 0.360. The van der Waals surface area contributed by atoms with Gasteiger partial charge in [-0.05, 0) is 50.7 Å². The molecule has 7 heteroatoms. The zero-order chi connectivity index (χ0) is 22.6. The molecule has 1 fully saturated rings. The fourth-order valence-electron chi connectivity index (χ4n) is 4.68. The minimum Gasteiger partial charge on any atom is -0.482 e. The number of hydrogen-bond donors (Lipinski definition) is 0. The number of ether oxygens (including phenoxy) is 1. The second kappa shape index (κ2) is 7.64. The molecule has 2 aromatic carbocycles. The van der Waals surface area contributed by atoms with E-state index in [1.54, 1.807) is 24.3 Å². The van der Waals surface area contributed by atoms with Gasteiger partial charge in [-0.2, -0.15) is 0 Å². The first-order valence-corrected chi connectivity index (χ1v) is 11.2. The van der Waals surface area contributed by atoms with Gasteiger partial charge in [0.2, 0.25) is 0 Å². The van der Waals surface area contributed by atoms with Crippen molar-refractivity contribution < 1.29 is 18.7 Å². The minimum atomic E-state index is -0.793. The van der Waals surface area contributed by atoms with E-state index in [-0.39, 0.29) is 18.1 Å². The van der Waals surface area contributed by atoms with Crippen molar-refractivity contribution in [1.82, 2.24) is 9.80 Å². The Labute approximate surface area is 191 Å². The van der Waals surface area contributed by atoms with Crippen molar-refractivity contribution in [2.45, 2.75) is 25.9 Å². The molecule has 6 nitrogen and oxygen atoms in total. The van der Waals surface area contributed by atoms with E-state index < -0.39 is 5.60 Å². The molecule has 2 aliphatic rings. The molecule has 3 aromatic rings. The lowest BCUT2D eigenvalue weighted by Gasteiger charge is -2.35. The van der Waals surface area contributed by atoms with Crippen molar-refractivity contribution in [2.24, 2.45) is 0 Å². The topological polar surface area (TPSA) is 63.0 Å². The van der Waals surface area contributed by atoms with Gasteiger partial charge in [-0.15, -0.1) is 0 Å². The number of benzene rings is 2. The number of ketones is 1. The highest BCUT2D eigenvalue weighted by atomic mass is 35.5. The fourth-order valence-corrected chi connectivity index (χ4v) is 4.80. The summed E-state index contributed by atoms with van der Waals surface area (Å²) in [4.78, 5) is 30.5. The molecule has 1 saturated heterocycles. The molecule has 0 radical (unpaired) electrons. The summed E-state index contributed by atoms with van der Waals surface area (Å²) >= 11 is 6.03. The van der Waals surface area contributed by atoms with Crippen molar-refractivity contribution in [3.05, 3.63) is 63.9 Å². The SMILES string of the molecule is Cc1c(C(=O)N2CCN(C)CC2)oc2ccc3c(c12)C(=O)CC(C)(c1ccc(Cl)cc1)O3. The van der Waals surface area contributed by atoms with Crippen molar-refractivity contribution in [2.75, 3.05) is 33.2 Å². The van der Waals surface area contributed by atoms with Crippen LogP contribution in [0.25, 0.3) is 11.0 Å². The molecule has 0 spiro atoms. The van der Waals surface area contributed by atoms with Gasteiger partial charge in [-0.25, -0.2) is 0 Å². The van der Waals surface area contributed by atoms with Gasteiger partial charge in [0.25, 0.3) is 5.91 Å². The molecule has 166 valence electrons. The molecule has 0 bridgehead atoms. The van der Waals surface area contributed by atoms with Crippen LogP contribution in [-0.4, -0.2) is 54.7 Å². The Hall–Kier alpha value is -2.83. The average Bonchev–Trinajstić information content (AvgIpc) is 3.10. The van der Waals surface area contributed by atoms with Crippen LogP contribution in [0.4, 0.5) is 0 Å². The number of carbonyl (C=O) groups is 2. The van der Waals surface area contributed by atoms with Gasteiger partial charge in [0.05, 0.1) is 12.0 Å². The van der Waals surface area contributed by atoms with Gasteiger partial charge in [0, 0.05) is 42.2 Å². The Morgan fingerprint density at radius 3 is 2.44 bits per heavy atom. The quantitative estimate of drug-likeness (QED) is 0.565. The zero-order valence-electron chi connectivity index (χ0n) is 18.4. The molecule has 0 saturated carbocycles. The largest absolute Gasteiger partial charge is 0.482 e. The van der Waals surface area contributed by atoms with Crippen molar-refractivity contribution in [3.63, 3.8) is 0 Å². The normalized spacial score (nSPS) is 21.5. The number of amides is 1. The Morgan fingerprint density at radius 1 is 1.06 bits per heavy atom. The van der Waals surface area contributed by atoms with Crippen molar-refractivity contribution in [1.29, 1.82) is 0 Å². The summed E-state index contributed by atoms with van der Waals surface area (Å²) in [7, 11) is 2.05. The second-order valence-corrected chi connectivity index (χ2v) is 9.34. The molecule has 32 heavy (non-hydrogen) atoms. The summed E-state index contributed by atoms with van der Waals surface area (Å²) in [6.45, 7) is 6.73. The van der Waals surface area contributed by atoms with Crippen LogP contribution in [0, 0.1) is 6.92 Å². The minimum absolute atomic E-state index is 0.0307. The van der Waals surface area contributed by atoms with Gasteiger partial charge in [0.15, 0.2) is 11.5 Å². The summed E-state index contributed by atoms with van der Waals surface area (Å²) < 4.78 is 12.3. The standard InChI is InChI=1S/C25H25ClN2O4/c1-15-21-19(31-23(15)24(30)28-12-10-27(3)11-13-28)8-9-20-22(21)18(29)14-25(2,32-20)16-4-6-17(26)7-5-16/h4-9H,10-14H2,1-3H3. The van der Waals surface area contributed by atoms with Crippen molar-refractivity contribution in [3.8, 4) is 5.75 Å². The third-order valence-electron chi connectivity index (χ3n) is 6.61. The summed E-state index contributed by atoms with van der Waals surface area (Å²) in [6.07, 6.45) is 0.188. The molecule has 0 N–H and O–H groups in total. The number of piperazine rings is 1. The summed E-state index contributed by atoms with van der Waals surface area (Å²) in [5.74, 6) is 0.651. The highest BCUT2D eigenvalue weighted by molar-refractivity contribution is 6.30. The van der Waals surface area contributed by atoms with E-state index in [1.165, 1.54) is 0 Å². The Balaban J connectivity index is 1.54. The Kier molecular flexibility index (Phi) is 5.02. The monoisotopic (exact) mass is 452 g/mol. The molecule has 1 aromatic heterocycles. The van der Waals surface area contributed by atoms with Gasteiger partial charge >= 0.3 is 0 Å². The smallest absolute Gasteiger partial charge is 0.289 e. The first-order valence-electron chi connectivity index (χ1n) is 10.8. The number of rotatable bonds is 2. The highest BCUT2D eigenvalue weighted by Gasteiger charge is 2.40. The van der Waals surface area contributed by atoms with Crippen LogP contribution in [-0.2, 0) is 5.60 Å². The molecule has 5 rings (SSSR count). The Morgan fingerprint density at radius 2 is 1.75 bits per heavy atom. The van der Waals surface area contributed by atoms with E-state index in [2.05, 4.69) is 4.90 Å². The maximum Gasteiger partial charge on any atom is 0.289 e. The van der Waals surface area contributed by atoms with Crippen molar-refractivity contribution >= 4 is 34.3 Å². The molecular weight excluding hydrogens is 428 g/mol. The van der Waals surface area contributed by atoms with Crippen LogP contribution in [0.3, 0.4) is 0 Å². The van der Waals surface area contributed by atoms with Gasteiger partial charge in [-0.3, -0.25) is 9.59 Å². The lowest BCUT2D eigenvalue weighted by Crippen LogP contribution is -2.47. The molecular formula is C25H25ClN2O4. The molecule has 1 amide bonds. The number of carbonyl (C=O) groups excluding carboxylic acids is 2. The van der Waals surface area contributed by atoms with Gasteiger partial charge in [0.1, 0.15) is 16.9 Å². The highest BCUT2D eigenvalue weighted by Crippen LogP contribution is 2.44. The van der Waals surface area contributed by atoms with Crippen LogP contribution >= 0.6 is 11.6 Å². The molecule has 1 unspecified atom stereocenters. The summed E-state index contributed by atoms with van der Waals surface area (Å²) in [6, 6.07) is 10.9. The van der Waals surface area contributed by atoms with Crippen LogP contribution < -0.4 is 4.74 Å². The number of Topliss-reactive ketones (excluding diaryl/α,β-unsaturated/α-hetero) is 1. The third kappa shape index (κ3) is 3.38. The van der Waals surface area contributed by atoms with Gasteiger partial charge < -0.3 is 19.0 Å². The van der Waals surface area contributed by atoms with E-state index in [0.717, 1.165) is 18.7 Å². The number of aryl methyl sites for hydroxylation is 1. The number of hydrogen-bond acceptors (Lipinski definition) is 5. The maximum absolute atomic E-state index is 13.4. The number of nitrogens with zero attached hydrogens (tertiary/aromatic N) is 2. The number of furan rings is 1. The lowest BCUT2D eigenvalue weighted by atomic mass is 9.84. The summed E-state index contributed by atoms with van der Waals surface area (Å²) in [5.41, 5.74) is 1.81. The van der Waals surface area contributed by atoms with Crippen LogP contribution in [0.1, 0.15) is 45.4 Å². The Bertz CT molecular complexity index is 1220. The number of fused-ring (bicyclic) bond motifs is 3. The molecule has 0 aliphatic carbocycles. The van der Waals surface area contributed by atoms with Crippen LogP contribution in [0.2, 0.25) is 5.02 Å². The zero-order valence-corrected chi connectivity index (χ0v) is 19.2. The molecule has 3 heterocycles. The van der Waals surface area contributed by atoms with E-state index >= 15 is 0 Å². The summed E-state index contributed by atoms with van der Waals surface area (Å²) in [5, 5.41) is 1.30. The van der Waals surface area contributed by atoms with Gasteiger partial charge in [-0.1, -0.05) is 23.7 Å². The first kappa shape index (κ1) is 21.0. The molecule has 2 aliphatic heterocycles.